The minimum absolute atomic E-state index is 0.0161. The number of nitrogens with one attached hydrogen (secondary N) is 1. The zero-order chi connectivity index (χ0) is 34.1. The van der Waals surface area contributed by atoms with Gasteiger partial charge in [-0.25, -0.2) is 8.42 Å². The molecule has 1 N–H and O–H groups in total. The van der Waals surface area contributed by atoms with E-state index in [9.17, 15) is 18.0 Å². The third-order valence-electron chi connectivity index (χ3n) is 8.18. The van der Waals surface area contributed by atoms with Crippen molar-refractivity contribution < 1.29 is 32.2 Å². The Morgan fingerprint density at radius 2 is 1.52 bits per heavy atom. The number of hydrogen-bond acceptors (Lipinski definition) is 7. The van der Waals surface area contributed by atoms with Gasteiger partial charge in [0.05, 0.1) is 17.7 Å². The number of ether oxygens (including phenoxy) is 3. The van der Waals surface area contributed by atoms with Crippen LogP contribution >= 0.6 is 0 Å². The minimum atomic E-state index is -4.25. The molecule has 11 heteroatoms. The Morgan fingerprint density at radius 1 is 0.854 bits per heavy atom. The summed E-state index contributed by atoms with van der Waals surface area (Å²) in [4.78, 5) is 30.2. The van der Waals surface area contributed by atoms with E-state index in [1.54, 1.807) is 55.6 Å². The third-order valence-corrected chi connectivity index (χ3v) is 9.97. The van der Waals surface area contributed by atoms with Crippen LogP contribution in [0.25, 0.3) is 0 Å². The Balaban J connectivity index is 1.59. The molecule has 4 aromatic carbocycles. The van der Waals surface area contributed by atoms with Crippen LogP contribution in [0.4, 0.5) is 5.69 Å². The summed E-state index contributed by atoms with van der Waals surface area (Å²) >= 11 is 0. The van der Waals surface area contributed by atoms with Gasteiger partial charge in [-0.2, -0.15) is 0 Å². The van der Waals surface area contributed by atoms with Crippen LogP contribution in [0.5, 0.6) is 17.2 Å². The summed E-state index contributed by atoms with van der Waals surface area (Å²) in [6.07, 6.45) is 0.912. The molecule has 0 bridgehead atoms. The van der Waals surface area contributed by atoms with Crippen LogP contribution in [0.2, 0.25) is 0 Å². The van der Waals surface area contributed by atoms with Crippen molar-refractivity contribution in [1.29, 1.82) is 0 Å². The number of hydrogen-bond donors (Lipinski definition) is 1. The summed E-state index contributed by atoms with van der Waals surface area (Å²) in [5.41, 5.74) is 1.79. The fourth-order valence-electron chi connectivity index (χ4n) is 5.40. The summed E-state index contributed by atoms with van der Waals surface area (Å²) in [6, 6.07) is 28.3. The number of rotatable bonds is 14. The SMILES string of the molecule is CC[C@@H](C)NC(=O)[C@H](Cc1ccccc1)N(Cc1cccc(OC)c1)C(=O)CN(c1ccc2c(c1)OCCO2)S(=O)(=O)c1ccccc1. The van der Waals surface area contributed by atoms with Crippen LogP contribution in [0.3, 0.4) is 0 Å². The van der Waals surface area contributed by atoms with Crippen molar-refractivity contribution in [3.05, 3.63) is 114 Å². The molecule has 0 saturated carbocycles. The van der Waals surface area contributed by atoms with E-state index < -0.39 is 28.5 Å². The average molecular weight is 672 g/mol. The molecule has 2 atom stereocenters. The van der Waals surface area contributed by atoms with E-state index in [4.69, 9.17) is 14.2 Å². The first-order chi connectivity index (χ1) is 23.2. The molecule has 0 aromatic heterocycles. The van der Waals surface area contributed by atoms with Gasteiger partial charge in [-0.1, -0.05) is 67.6 Å². The van der Waals surface area contributed by atoms with Gasteiger partial charge in [0.15, 0.2) is 11.5 Å². The van der Waals surface area contributed by atoms with Crippen molar-refractivity contribution in [3.63, 3.8) is 0 Å². The van der Waals surface area contributed by atoms with Crippen molar-refractivity contribution in [2.24, 2.45) is 0 Å². The van der Waals surface area contributed by atoms with Gasteiger partial charge in [-0.3, -0.25) is 13.9 Å². The first-order valence-electron chi connectivity index (χ1n) is 15.9. The second-order valence-electron chi connectivity index (χ2n) is 11.5. The first kappa shape index (κ1) is 34.3. The van der Waals surface area contributed by atoms with Crippen LogP contribution < -0.4 is 23.8 Å². The lowest BCUT2D eigenvalue weighted by molar-refractivity contribution is -0.140. The fourth-order valence-corrected chi connectivity index (χ4v) is 6.83. The van der Waals surface area contributed by atoms with Gasteiger partial charge in [-0.15, -0.1) is 0 Å². The van der Waals surface area contributed by atoms with E-state index >= 15 is 0 Å². The van der Waals surface area contributed by atoms with Gasteiger partial charge < -0.3 is 24.4 Å². The number of nitrogens with zero attached hydrogens (tertiary/aromatic N) is 2. The lowest BCUT2D eigenvalue weighted by Gasteiger charge is -2.34. The first-order valence-corrected chi connectivity index (χ1v) is 17.4. The standard InChI is InChI=1S/C37H41N3O7S/c1-4-27(2)38-37(42)33(23-28-12-7-5-8-13-28)39(25-29-14-11-15-31(22-29)45-3)36(41)26-40(48(43,44)32-16-9-6-10-17-32)30-18-19-34-35(24-30)47-21-20-46-34/h5-19,22,24,27,33H,4,20-21,23,25-26H2,1-3H3,(H,38,42)/t27-,33+/m1/s1. The molecule has 0 radical (unpaired) electrons. The molecule has 0 spiro atoms. The quantitative estimate of drug-likeness (QED) is 0.196. The number of benzene rings is 4. The van der Waals surface area contributed by atoms with Crippen molar-refractivity contribution in [2.45, 2.75) is 50.2 Å². The van der Waals surface area contributed by atoms with Crippen LogP contribution in [0.1, 0.15) is 31.4 Å². The molecule has 4 aromatic rings. The van der Waals surface area contributed by atoms with Crippen molar-refractivity contribution >= 4 is 27.5 Å². The van der Waals surface area contributed by atoms with Gasteiger partial charge >= 0.3 is 0 Å². The van der Waals surface area contributed by atoms with Crippen LogP contribution in [0.15, 0.2) is 108 Å². The fraction of sp³-hybridized carbons (Fsp3) is 0.297. The number of fused-ring (bicyclic) bond motifs is 1. The highest BCUT2D eigenvalue weighted by Gasteiger charge is 2.35. The Hall–Kier alpha value is -5.03. The van der Waals surface area contributed by atoms with Crippen molar-refractivity contribution in [1.82, 2.24) is 10.2 Å². The van der Waals surface area contributed by atoms with Crippen LogP contribution in [-0.2, 0) is 32.6 Å². The van der Waals surface area contributed by atoms with Gasteiger partial charge in [0.2, 0.25) is 11.8 Å². The molecule has 0 fully saturated rings. The van der Waals surface area contributed by atoms with E-state index in [1.165, 1.54) is 17.0 Å². The Labute approximate surface area is 282 Å². The topological polar surface area (TPSA) is 114 Å². The highest BCUT2D eigenvalue weighted by Crippen LogP contribution is 2.36. The van der Waals surface area contributed by atoms with E-state index in [2.05, 4.69) is 5.32 Å². The molecular formula is C37H41N3O7S. The number of amides is 2. The minimum Gasteiger partial charge on any atom is -0.497 e. The predicted molar refractivity (Wildman–Crippen MR) is 184 cm³/mol. The number of sulfonamides is 1. The largest absolute Gasteiger partial charge is 0.497 e. The zero-order valence-electron chi connectivity index (χ0n) is 27.4. The normalized spacial score (nSPS) is 13.6. The molecule has 10 nitrogen and oxygen atoms in total. The van der Waals surface area contributed by atoms with Crippen molar-refractivity contribution in [3.8, 4) is 17.2 Å². The number of carbonyl (C=O) groups is 2. The summed E-state index contributed by atoms with van der Waals surface area (Å²) in [5.74, 6) is 0.557. The highest BCUT2D eigenvalue weighted by molar-refractivity contribution is 7.92. The molecular weight excluding hydrogens is 630 g/mol. The summed E-state index contributed by atoms with van der Waals surface area (Å²) in [5, 5.41) is 3.05. The maximum Gasteiger partial charge on any atom is 0.264 e. The number of carbonyl (C=O) groups excluding carboxylic acids is 2. The summed E-state index contributed by atoms with van der Waals surface area (Å²) in [6.45, 7) is 4.00. The molecule has 1 aliphatic heterocycles. The second-order valence-corrected chi connectivity index (χ2v) is 13.4. The Bertz CT molecular complexity index is 1800. The molecule has 252 valence electrons. The molecule has 0 aliphatic carbocycles. The van der Waals surface area contributed by atoms with Gasteiger partial charge in [-0.05, 0) is 60.9 Å². The second kappa shape index (κ2) is 15.7. The van der Waals surface area contributed by atoms with E-state index in [0.717, 1.165) is 9.87 Å². The average Bonchev–Trinajstić information content (AvgIpc) is 3.12. The van der Waals surface area contributed by atoms with E-state index in [0.29, 0.717) is 42.4 Å². The smallest absolute Gasteiger partial charge is 0.264 e. The number of methoxy groups -OCH3 is 1. The maximum atomic E-state index is 14.7. The van der Waals surface area contributed by atoms with Crippen LogP contribution in [-0.4, -0.2) is 64.1 Å². The van der Waals surface area contributed by atoms with Gasteiger partial charge in [0.1, 0.15) is 31.5 Å². The Kier molecular flexibility index (Phi) is 11.2. The van der Waals surface area contributed by atoms with E-state index in [-0.39, 0.29) is 35.5 Å². The number of anilines is 1. The molecule has 1 aliphatic rings. The van der Waals surface area contributed by atoms with Gasteiger partial charge in [0, 0.05) is 25.1 Å². The molecule has 0 unspecified atom stereocenters. The van der Waals surface area contributed by atoms with Crippen molar-refractivity contribution in [2.75, 3.05) is 31.2 Å². The Morgan fingerprint density at radius 3 is 2.21 bits per heavy atom. The lowest BCUT2D eigenvalue weighted by atomic mass is 10.0. The maximum absolute atomic E-state index is 14.7. The van der Waals surface area contributed by atoms with Gasteiger partial charge in [0.25, 0.3) is 10.0 Å². The monoisotopic (exact) mass is 671 g/mol. The summed E-state index contributed by atoms with van der Waals surface area (Å²) < 4.78 is 46.5. The summed E-state index contributed by atoms with van der Waals surface area (Å²) in [7, 11) is -2.70. The lowest BCUT2D eigenvalue weighted by Crippen LogP contribution is -2.54. The molecule has 48 heavy (non-hydrogen) atoms. The molecule has 1 heterocycles. The zero-order valence-corrected chi connectivity index (χ0v) is 28.2. The van der Waals surface area contributed by atoms with Crippen LogP contribution in [0, 0.1) is 0 Å². The third kappa shape index (κ3) is 8.27. The molecule has 5 rings (SSSR count). The molecule has 0 saturated heterocycles. The molecule has 2 amide bonds. The van der Waals surface area contributed by atoms with E-state index in [1.807, 2.05) is 56.3 Å². The highest BCUT2D eigenvalue weighted by atomic mass is 32.2. The predicted octanol–water partition coefficient (Wildman–Crippen LogP) is 5.22.